The SMILES string of the molecule is COc1ccc(Cc2nc3ccccc3c(=O)n2-c2ccc(C(O)(C(F)(F)F)C(F)(F)F)cc2)cc1. The average molecular weight is 508 g/mol. The van der Waals surface area contributed by atoms with E-state index in [4.69, 9.17) is 4.74 Å². The fourth-order valence-corrected chi connectivity index (χ4v) is 3.83. The van der Waals surface area contributed by atoms with Gasteiger partial charge in [0, 0.05) is 12.0 Å². The maximum absolute atomic E-state index is 13.3. The number of hydrogen-bond donors (Lipinski definition) is 1. The quantitative estimate of drug-likeness (QED) is 0.372. The third-order valence-electron chi connectivity index (χ3n) is 5.73. The topological polar surface area (TPSA) is 64.3 Å². The summed E-state index contributed by atoms with van der Waals surface area (Å²) in [5.74, 6) is 0.804. The van der Waals surface area contributed by atoms with Gasteiger partial charge in [0.15, 0.2) is 0 Å². The fourth-order valence-electron chi connectivity index (χ4n) is 3.83. The van der Waals surface area contributed by atoms with E-state index in [9.17, 15) is 36.2 Å². The van der Waals surface area contributed by atoms with E-state index < -0.39 is 29.1 Å². The van der Waals surface area contributed by atoms with Crippen molar-refractivity contribution in [3.63, 3.8) is 0 Å². The Bertz CT molecular complexity index is 1430. The molecule has 0 saturated heterocycles. The molecule has 0 saturated carbocycles. The second-order valence-corrected chi connectivity index (χ2v) is 7.96. The lowest BCUT2D eigenvalue weighted by molar-refractivity contribution is -0.376. The van der Waals surface area contributed by atoms with Crippen molar-refractivity contribution in [3.05, 3.63) is 100 Å². The molecule has 0 radical (unpaired) electrons. The number of fused-ring (bicyclic) bond motifs is 1. The summed E-state index contributed by atoms with van der Waals surface area (Å²) in [6.45, 7) is 0. The van der Waals surface area contributed by atoms with Crippen LogP contribution in [0.15, 0.2) is 77.6 Å². The van der Waals surface area contributed by atoms with Crippen LogP contribution >= 0.6 is 0 Å². The number of halogens is 6. The minimum Gasteiger partial charge on any atom is -0.497 e. The summed E-state index contributed by atoms with van der Waals surface area (Å²) < 4.78 is 85.8. The predicted molar refractivity (Wildman–Crippen MR) is 119 cm³/mol. The summed E-state index contributed by atoms with van der Waals surface area (Å²) in [6, 6.07) is 16.1. The van der Waals surface area contributed by atoms with E-state index in [-0.39, 0.29) is 23.3 Å². The number of rotatable bonds is 5. The van der Waals surface area contributed by atoms with Crippen LogP contribution in [-0.4, -0.2) is 34.1 Å². The van der Waals surface area contributed by atoms with Crippen LogP contribution in [0.1, 0.15) is 17.0 Å². The summed E-state index contributed by atoms with van der Waals surface area (Å²) in [7, 11) is 1.50. The van der Waals surface area contributed by atoms with Crippen molar-refractivity contribution in [2.24, 2.45) is 0 Å². The molecule has 0 aliphatic carbocycles. The van der Waals surface area contributed by atoms with Crippen molar-refractivity contribution in [2.45, 2.75) is 24.4 Å². The number of ether oxygens (including phenoxy) is 1. The van der Waals surface area contributed by atoms with Gasteiger partial charge in [0.2, 0.25) is 0 Å². The average Bonchev–Trinajstić information content (AvgIpc) is 2.83. The Morgan fingerprint density at radius 3 is 2.00 bits per heavy atom. The molecule has 1 aromatic heterocycles. The van der Waals surface area contributed by atoms with Crippen molar-refractivity contribution in [2.75, 3.05) is 7.11 Å². The molecule has 0 unspecified atom stereocenters. The number of aromatic nitrogens is 2. The Labute approximate surface area is 200 Å². The maximum atomic E-state index is 13.3. The Morgan fingerprint density at radius 1 is 0.861 bits per heavy atom. The highest BCUT2D eigenvalue weighted by Crippen LogP contribution is 2.50. The highest BCUT2D eigenvalue weighted by Gasteiger charge is 2.71. The molecule has 0 amide bonds. The standard InChI is InChI=1S/C25H18F6N2O3/c1-36-18-12-6-15(7-13-18)14-21-32-20-5-3-2-4-19(20)22(34)33(21)17-10-8-16(9-11-17)23(35,24(26,27)28)25(29,30)31/h2-13,35H,14H2,1H3. The second-order valence-electron chi connectivity index (χ2n) is 7.96. The molecule has 3 aromatic carbocycles. The molecular weight excluding hydrogens is 490 g/mol. The van der Waals surface area contributed by atoms with Gasteiger partial charge in [-0.15, -0.1) is 0 Å². The van der Waals surface area contributed by atoms with E-state index in [0.717, 1.165) is 22.3 Å². The first-order chi connectivity index (χ1) is 16.9. The summed E-state index contributed by atoms with van der Waals surface area (Å²) in [4.78, 5) is 17.9. The zero-order chi connectivity index (χ0) is 26.3. The maximum Gasteiger partial charge on any atom is 0.430 e. The van der Waals surface area contributed by atoms with E-state index >= 15 is 0 Å². The van der Waals surface area contributed by atoms with Gasteiger partial charge in [-0.2, -0.15) is 26.3 Å². The van der Waals surface area contributed by atoms with Gasteiger partial charge in [-0.1, -0.05) is 36.4 Å². The summed E-state index contributed by atoms with van der Waals surface area (Å²) in [5.41, 5.74) is -5.97. The number of alkyl halides is 6. The van der Waals surface area contributed by atoms with Gasteiger partial charge in [0.1, 0.15) is 11.6 Å². The lowest BCUT2D eigenvalue weighted by atomic mass is 9.92. The largest absolute Gasteiger partial charge is 0.497 e. The lowest BCUT2D eigenvalue weighted by Crippen LogP contribution is -2.53. The molecule has 0 bridgehead atoms. The number of nitrogens with zero attached hydrogens (tertiary/aromatic N) is 2. The molecule has 1 N–H and O–H groups in total. The molecule has 0 fully saturated rings. The minimum absolute atomic E-state index is 0.0165. The first kappa shape index (κ1) is 25.2. The zero-order valence-electron chi connectivity index (χ0n) is 18.6. The third-order valence-corrected chi connectivity index (χ3v) is 5.73. The number of benzene rings is 3. The molecule has 0 atom stereocenters. The molecule has 4 aromatic rings. The van der Waals surface area contributed by atoms with E-state index in [1.807, 2.05) is 0 Å². The number of para-hydroxylation sites is 1. The zero-order valence-corrected chi connectivity index (χ0v) is 18.6. The number of methoxy groups -OCH3 is 1. The van der Waals surface area contributed by atoms with Gasteiger partial charge < -0.3 is 9.84 Å². The molecule has 0 spiro atoms. The minimum atomic E-state index is -6.02. The van der Waals surface area contributed by atoms with Gasteiger partial charge in [-0.3, -0.25) is 9.36 Å². The molecule has 0 aliphatic heterocycles. The molecule has 4 rings (SSSR count). The summed E-state index contributed by atoms with van der Waals surface area (Å²) >= 11 is 0. The normalized spacial score (nSPS) is 12.7. The predicted octanol–water partition coefficient (Wildman–Crippen LogP) is 5.30. The van der Waals surface area contributed by atoms with Gasteiger partial charge in [-0.05, 0) is 42.0 Å². The fraction of sp³-hybridized carbons (Fsp3) is 0.200. The Balaban J connectivity index is 1.86. The van der Waals surface area contributed by atoms with Crippen LogP contribution in [0.2, 0.25) is 0 Å². The van der Waals surface area contributed by atoms with Gasteiger partial charge >= 0.3 is 12.4 Å². The van der Waals surface area contributed by atoms with E-state index in [2.05, 4.69) is 4.98 Å². The smallest absolute Gasteiger partial charge is 0.430 e. The van der Waals surface area contributed by atoms with Crippen LogP contribution in [0.25, 0.3) is 16.6 Å². The van der Waals surface area contributed by atoms with E-state index in [1.54, 1.807) is 42.5 Å². The molecular formula is C25H18F6N2O3. The van der Waals surface area contributed by atoms with Crippen molar-refractivity contribution in [1.82, 2.24) is 9.55 Å². The van der Waals surface area contributed by atoms with Crippen LogP contribution in [0.4, 0.5) is 26.3 Å². The van der Waals surface area contributed by atoms with Gasteiger partial charge in [-0.25, -0.2) is 4.98 Å². The highest BCUT2D eigenvalue weighted by atomic mass is 19.4. The third kappa shape index (κ3) is 4.30. The molecule has 0 aliphatic rings. The van der Waals surface area contributed by atoms with Gasteiger partial charge in [0.25, 0.3) is 11.2 Å². The van der Waals surface area contributed by atoms with E-state index in [0.29, 0.717) is 23.4 Å². The Kier molecular flexibility index (Phi) is 6.29. The van der Waals surface area contributed by atoms with Crippen LogP contribution in [-0.2, 0) is 12.0 Å². The molecule has 36 heavy (non-hydrogen) atoms. The first-order valence-corrected chi connectivity index (χ1v) is 10.5. The Hall–Kier alpha value is -3.86. The van der Waals surface area contributed by atoms with Gasteiger partial charge in [0.05, 0.1) is 23.7 Å². The van der Waals surface area contributed by atoms with Crippen molar-refractivity contribution in [3.8, 4) is 11.4 Å². The van der Waals surface area contributed by atoms with Crippen LogP contribution < -0.4 is 10.3 Å². The molecule has 5 nitrogen and oxygen atoms in total. The molecule has 188 valence electrons. The van der Waals surface area contributed by atoms with E-state index in [1.165, 1.54) is 13.2 Å². The number of aliphatic hydroxyl groups is 1. The first-order valence-electron chi connectivity index (χ1n) is 10.5. The lowest BCUT2D eigenvalue weighted by Gasteiger charge is -2.32. The Morgan fingerprint density at radius 2 is 1.44 bits per heavy atom. The molecule has 11 heteroatoms. The van der Waals surface area contributed by atoms with Crippen molar-refractivity contribution >= 4 is 10.9 Å². The van der Waals surface area contributed by atoms with Crippen LogP contribution in [0.5, 0.6) is 5.75 Å². The second kappa shape index (κ2) is 8.98. The highest BCUT2D eigenvalue weighted by molar-refractivity contribution is 5.77. The summed E-state index contributed by atoms with van der Waals surface area (Å²) in [5, 5.41) is 9.87. The van der Waals surface area contributed by atoms with Crippen molar-refractivity contribution < 1.29 is 36.2 Å². The van der Waals surface area contributed by atoms with Crippen LogP contribution in [0.3, 0.4) is 0 Å². The molecule has 1 heterocycles. The summed E-state index contributed by atoms with van der Waals surface area (Å²) in [6.07, 6.45) is -11.9. The van der Waals surface area contributed by atoms with Crippen LogP contribution in [0, 0.1) is 0 Å². The number of hydrogen-bond acceptors (Lipinski definition) is 4. The van der Waals surface area contributed by atoms with Crippen molar-refractivity contribution in [1.29, 1.82) is 0 Å². The monoisotopic (exact) mass is 508 g/mol.